The fraction of sp³-hybridized carbons (Fsp3) is 0.167. The maximum absolute atomic E-state index is 12.5. The quantitative estimate of drug-likeness (QED) is 0.853. The topological polar surface area (TPSA) is 71.1 Å². The molecule has 116 valence electrons. The number of amides is 2. The van der Waals surface area contributed by atoms with Crippen LogP contribution in [0.2, 0.25) is 0 Å². The number of allylic oxidation sites excluding steroid dienone is 1. The largest absolute Gasteiger partial charge is 0.326 e. The Morgan fingerprint density at radius 1 is 1.35 bits per heavy atom. The molecule has 1 aliphatic rings. The Balaban J connectivity index is 1.81. The fourth-order valence-corrected chi connectivity index (χ4v) is 2.63. The summed E-state index contributed by atoms with van der Waals surface area (Å²) in [6.45, 7) is 3.70. The third kappa shape index (κ3) is 3.29. The average Bonchev–Trinajstić information content (AvgIpc) is 2.56. The molecule has 23 heavy (non-hydrogen) atoms. The van der Waals surface area contributed by atoms with E-state index < -0.39 is 0 Å². The van der Waals surface area contributed by atoms with Gasteiger partial charge in [-0.25, -0.2) is 0 Å². The van der Waals surface area contributed by atoms with Gasteiger partial charge in [-0.2, -0.15) is 0 Å². The Bertz CT molecular complexity index is 784. The van der Waals surface area contributed by atoms with Gasteiger partial charge < -0.3 is 10.6 Å². The highest BCUT2D eigenvalue weighted by Crippen LogP contribution is 2.26. The monoisotopic (exact) mass is 307 g/mol. The molecule has 1 aliphatic heterocycles. The molecule has 2 heterocycles. The summed E-state index contributed by atoms with van der Waals surface area (Å²) in [5, 5.41) is 5.73. The van der Waals surface area contributed by atoms with Gasteiger partial charge in [0, 0.05) is 35.8 Å². The smallest absolute Gasteiger partial charge is 0.256 e. The number of anilines is 2. The third-order valence-electron chi connectivity index (χ3n) is 3.77. The maximum Gasteiger partial charge on any atom is 0.256 e. The van der Waals surface area contributed by atoms with Crippen LogP contribution in [-0.2, 0) is 17.6 Å². The summed E-state index contributed by atoms with van der Waals surface area (Å²) in [5.74, 6) is -0.149. The van der Waals surface area contributed by atoms with E-state index in [1.165, 1.54) is 0 Å². The molecule has 1 aromatic carbocycles. The van der Waals surface area contributed by atoms with Crippen LogP contribution >= 0.6 is 0 Å². The fourth-order valence-electron chi connectivity index (χ4n) is 2.63. The molecule has 2 N–H and O–H groups in total. The Labute approximate surface area is 134 Å². The first kappa shape index (κ1) is 15.0. The summed E-state index contributed by atoms with van der Waals surface area (Å²) in [5.41, 5.74) is 3.99. The van der Waals surface area contributed by atoms with Crippen molar-refractivity contribution in [2.75, 3.05) is 10.6 Å². The number of aromatic nitrogens is 1. The lowest BCUT2D eigenvalue weighted by atomic mass is 10.0. The van der Waals surface area contributed by atoms with Gasteiger partial charge >= 0.3 is 0 Å². The summed E-state index contributed by atoms with van der Waals surface area (Å²) < 4.78 is 0. The summed E-state index contributed by atoms with van der Waals surface area (Å²) in [7, 11) is 0. The first-order chi connectivity index (χ1) is 11.2. The van der Waals surface area contributed by atoms with Crippen LogP contribution in [0.25, 0.3) is 0 Å². The van der Waals surface area contributed by atoms with Crippen molar-refractivity contribution in [1.82, 2.24) is 4.98 Å². The summed E-state index contributed by atoms with van der Waals surface area (Å²) in [4.78, 5) is 27.9. The van der Waals surface area contributed by atoms with Crippen LogP contribution in [0.3, 0.4) is 0 Å². The summed E-state index contributed by atoms with van der Waals surface area (Å²) in [6.07, 6.45) is 6.77. The molecule has 0 atom stereocenters. The number of hydrogen-bond donors (Lipinski definition) is 2. The molecule has 5 heteroatoms. The van der Waals surface area contributed by atoms with Crippen LogP contribution in [-0.4, -0.2) is 16.8 Å². The van der Waals surface area contributed by atoms with Gasteiger partial charge in [-0.1, -0.05) is 6.08 Å². The maximum atomic E-state index is 12.5. The van der Waals surface area contributed by atoms with Crippen LogP contribution in [0.5, 0.6) is 0 Å². The average molecular weight is 307 g/mol. The van der Waals surface area contributed by atoms with Crippen LogP contribution in [0.15, 0.2) is 49.3 Å². The lowest BCUT2D eigenvalue weighted by Crippen LogP contribution is -2.19. The van der Waals surface area contributed by atoms with Gasteiger partial charge in [0.15, 0.2) is 0 Å². The number of nitrogens with zero attached hydrogens (tertiary/aromatic N) is 1. The number of rotatable bonds is 4. The second-order valence-corrected chi connectivity index (χ2v) is 5.40. The molecule has 2 amide bonds. The van der Waals surface area contributed by atoms with Crippen LogP contribution in [0, 0.1) is 0 Å². The van der Waals surface area contributed by atoms with Crippen molar-refractivity contribution < 1.29 is 9.59 Å². The molecule has 0 saturated heterocycles. The molecule has 0 saturated carbocycles. The number of pyridine rings is 1. The third-order valence-corrected chi connectivity index (χ3v) is 3.77. The predicted molar refractivity (Wildman–Crippen MR) is 89.5 cm³/mol. The van der Waals surface area contributed by atoms with E-state index >= 15 is 0 Å². The second kappa shape index (κ2) is 6.44. The minimum Gasteiger partial charge on any atom is -0.326 e. The van der Waals surface area contributed by atoms with Crippen LogP contribution < -0.4 is 10.6 Å². The second-order valence-electron chi connectivity index (χ2n) is 5.40. The van der Waals surface area contributed by atoms with Gasteiger partial charge in [-0.3, -0.25) is 14.6 Å². The first-order valence-corrected chi connectivity index (χ1v) is 7.45. The number of fused-ring (bicyclic) bond motifs is 1. The van der Waals surface area contributed by atoms with Crippen molar-refractivity contribution in [2.24, 2.45) is 0 Å². The van der Waals surface area contributed by atoms with Gasteiger partial charge in [0.2, 0.25) is 5.91 Å². The molecule has 0 radical (unpaired) electrons. The molecule has 0 bridgehead atoms. The molecular weight excluding hydrogens is 290 g/mol. The molecule has 3 rings (SSSR count). The van der Waals surface area contributed by atoms with Crippen molar-refractivity contribution in [1.29, 1.82) is 0 Å². The van der Waals surface area contributed by atoms with Gasteiger partial charge in [0.25, 0.3) is 5.91 Å². The number of benzene rings is 1. The Kier molecular flexibility index (Phi) is 4.19. The standard InChI is InChI=1S/C18H17N3O2/c1-2-3-13-11-19-9-8-15(13)18(23)20-14-5-6-16-12(10-14)4-7-17(22)21-16/h2,5-6,8-11H,1,3-4,7H2,(H,20,23)(H,21,22). The number of carbonyl (C=O) groups is 2. The Morgan fingerprint density at radius 2 is 2.22 bits per heavy atom. The highest BCUT2D eigenvalue weighted by molar-refractivity contribution is 6.05. The lowest BCUT2D eigenvalue weighted by Gasteiger charge is -2.18. The van der Waals surface area contributed by atoms with E-state index in [9.17, 15) is 9.59 Å². The van der Waals surface area contributed by atoms with Crippen molar-refractivity contribution in [3.05, 3.63) is 66.0 Å². The van der Waals surface area contributed by atoms with Crippen molar-refractivity contribution >= 4 is 23.2 Å². The van der Waals surface area contributed by atoms with Gasteiger partial charge in [0.1, 0.15) is 0 Å². The molecule has 0 aliphatic carbocycles. The van der Waals surface area contributed by atoms with E-state index in [-0.39, 0.29) is 11.8 Å². The lowest BCUT2D eigenvalue weighted by molar-refractivity contribution is -0.116. The summed E-state index contributed by atoms with van der Waals surface area (Å²) >= 11 is 0. The Hall–Kier alpha value is -2.95. The first-order valence-electron chi connectivity index (χ1n) is 7.45. The van der Waals surface area contributed by atoms with Gasteiger partial charge in [-0.05, 0) is 48.2 Å². The van der Waals surface area contributed by atoms with Crippen molar-refractivity contribution in [3.8, 4) is 0 Å². The van der Waals surface area contributed by atoms with E-state index in [0.29, 0.717) is 30.5 Å². The van der Waals surface area contributed by atoms with E-state index in [1.54, 1.807) is 30.6 Å². The normalized spacial score (nSPS) is 13.0. The van der Waals surface area contributed by atoms with E-state index in [0.717, 1.165) is 16.8 Å². The van der Waals surface area contributed by atoms with Gasteiger partial charge in [-0.15, -0.1) is 6.58 Å². The molecule has 0 spiro atoms. The molecule has 0 unspecified atom stereocenters. The minimum absolute atomic E-state index is 0.0279. The van der Waals surface area contributed by atoms with Crippen LogP contribution in [0.1, 0.15) is 27.9 Å². The predicted octanol–water partition coefficient (Wildman–Crippen LogP) is 2.95. The highest BCUT2D eigenvalue weighted by Gasteiger charge is 2.16. The molecule has 5 nitrogen and oxygen atoms in total. The number of nitrogens with one attached hydrogen (secondary N) is 2. The van der Waals surface area contributed by atoms with E-state index in [4.69, 9.17) is 0 Å². The van der Waals surface area contributed by atoms with Gasteiger partial charge in [0.05, 0.1) is 0 Å². The highest BCUT2D eigenvalue weighted by atomic mass is 16.2. The molecule has 2 aromatic rings. The molecule has 1 aromatic heterocycles. The van der Waals surface area contributed by atoms with E-state index in [1.807, 2.05) is 12.1 Å². The SMILES string of the molecule is C=CCc1cnccc1C(=O)Nc1ccc2c(c1)CCC(=O)N2. The summed E-state index contributed by atoms with van der Waals surface area (Å²) in [6, 6.07) is 7.21. The zero-order chi connectivity index (χ0) is 16.2. The minimum atomic E-state index is -0.177. The number of aryl methyl sites for hydroxylation is 1. The number of hydrogen-bond acceptors (Lipinski definition) is 3. The van der Waals surface area contributed by atoms with E-state index in [2.05, 4.69) is 22.2 Å². The zero-order valence-electron chi connectivity index (χ0n) is 12.6. The molecule has 0 fully saturated rings. The molecular formula is C18H17N3O2. The van der Waals surface area contributed by atoms with Crippen molar-refractivity contribution in [3.63, 3.8) is 0 Å². The Morgan fingerprint density at radius 3 is 3.04 bits per heavy atom. The van der Waals surface area contributed by atoms with Crippen molar-refractivity contribution in [2.45, 2.75) is 19.3 Å². The van der Waals surface area contributed by atoms with Crippen LogP contribution in [0.4, 0.5) is 11.4 Å². The number of carbonyl (C=O) groups excluding carboxylic acids is 2. The zero-order valence-corrected chi connectivity index (χ0v) is 12.6.